The van der Waals surface area contributed by atoms with Gasteiger partial charge in [0.1, 0.15) is 21.5 Å². The zero-order valence-corrected chi connectivity index (χ0v) is 9.79. The Kier molecular flexibility index (Phi) is 3.17. The first-order valence-electron chi connectivity index (χ1n) is 5.03. The van der Waals surface area contributed by atoms with Crippen molar-refractivity contribution in [1.29, 1.82) is 5.26 Å². The minimum Gasteiger partial charge on any atom is -0.477 e. The zero-order chi connectivity index (χ0) is 12.4. The number of nitriles is 1. The molecule has 1 aliphatic rings. The zero-order valence-electron chi connectivity index (χ0n) is 8.97. The molecule has 0 spiro atoms. The third-order valence-corrected chi connectivity index (χ3v) is 3.79. The van der Waals surface area contributed by atoms with Gasteiger partial charge < -0.3 is 20.5 Å². The predicted octanol–water partition coefficient (Wildman–Crippen LogP) is 0.737. The summed E-state index contributed by atoms with van der Waals surface area (Å²) in [7, 11) is 0. The molecule has 1 saturated heterocycles. The number of nitrogens with two attached hydrogens (primary N) is 1. The number of ether oxygens (including phenoxy) is 1. The number of aromatic carboxylic acids is 1. The van der Waals surface area contributed by atoms with Gasteiger partial charge in [-0.3, -0.25) is 0 Å². The van der Waals surface area contributed by atoms with Crippen molar-refractivity contribution >= 4 is 28.0 Å². The van der Waals surface area contributed by atoms with Gasteiger partial charge in [0, 0.05) is 13.1 Å². The molecule has 6 nitrogen and oxygen atoms in total. The van der Waals surface area contributed by atoms with Crippen molar-refractivity contribution in [3.8, 4) is 6.07 Å². The molecule has 1 aromatic rings. The van der Waals surface area contributed by atoms with Crippen molar-refractivity contribution in [1.82, 2.24) is 0 Å². The highest BCUT2D eigenvalue weighted by Crippen LogP contribution is 2.37. The summed E-state index contributed by atoms with van der Waals surface area (Å²) in [5, 5.41) is 18.7. The average molecular weight is 253 g/mol. The number of carbonyl (C=O) groups is 1. The van der Waals surface area contributed by atoms with E-state index in [1.165, 1.54) is 0 Å². The molecule has 0 aromatic carbocycles. The second-order valence-corrected chi connectivity index (χ2v) is 4.54. The molecule has 7 heteroatoms. The van der Waals surface area contributed by atoms with Gasteiger partial charge in [-0.15, -0.1) is 11.3 Å². The lowest BCUT2D eigenvalue weighted by Crippen LogP contribution is -2.36. The van der Waals surface area contributed by atoms with Gasteiger partial charge in [-0.1, -0.05) is 0 Å². The summed E-state index contributed by atoms with van der Waals surface area (Å²) in [4.78, 5) is 12.9. The van der Waals surface area contributed by atoms with Crippen molar-refractivity contribution < 1.29 is 14.6 Å². The molecule has 2 rings (SSSR count). The van der Waals surface area contributed by atoms with E-state index in [4.69, 9.17) is 20.8 Å². The molecule has 90 valence electrons. The van der Waals surface area contributed by atoms with Crippen LogP contribution < -0.4 is 10.6 Å². The van der Waals surface area contributed by atoms with Crippen molar-refractivity contribution in [2.45, 2.75) is 0 Å². The third-order valence-electron chi connectivity index (χ3n) is 2.53. The van der Waals surface area contributed by atoms with E-state index in [1.807, 2.05) is 11.0 Å². The molecule has 0 unspecified atom stereocenters. The van der Waals surface area contributed by atoms with Crippen LogP contribution in [0.4, 0.5) is 10.7 Å². The molecule has 17 heavy (non-hydrogen) atoms. The van der Waals surface area contributed by atoms with E-state index in [9.17, 15) is 4.79 Å². The number of morpholine rings is 1. The van der Waals surface area contributed by atoms with Gasteiger partial charge in [0.25, 0.3) is 0 Å². The lowest BCUT2D eigenvalue weighted by atomic mass is 10.2. The first-order chi connectivity index (χ1) is 8.15. The van der Waals surface area contributed by atoms with Crippen LogP contribution >= 0.6 is 11.3 Å². The van der Waals surface area contributed by atoms with Gasteiger partial charge in [0.2, 0.25) is 0 Å². The predicted molar refractivity (Wildman–Crippen MR) is 63.4 cm³/mol. The Balaban J connectivity index is 2.42. The van der Waals surface area contributed by atoms with Gasteiger partial charge in [-0.05, 0) is 0 Å². The summed E-state index contributed by atoms with van der Waals surface area (Å²) in [6.07, 6.45) is 0. The molecule has 0 aliphatic carbocycles. The highest BCUT2D eigenvalue weighted by Gasteiger charge is 2.25. The first kappa shape index (κ1) is 11.7. The molecule has 0 bridgehead atoms. The molecule has 0 atom stereocenters. The molecule has 1 aromatic heterocycles. The maximum Gasteiger partial charge on any atom is 0.348 e. The smallest absolute Gasteiger partial charge is 0.348 e. The number of nitrogens with zero attached hydrogens (tertiary/aromatic N) is 2. The van der Waals surface area contributed by atoms with Crippen LogP contribution in [0.2, 0.25) is 0 Å². The highest BCUT2D eigenvalue weighted by molar-refractivity contribution is 7.18. The average Bonchev–Trinajstić information content (AvgIpc) is 2.67. The van der Waals surface area contributed by atoms with Crippen LogP contribution in [0, 0.1) is 11.3 Å². The quantitative estimate of drug-likeness (QED) is 0.806. The number of carboxylic acid groups (broad SMARTS) is 1. The molecule has 1 aliphatic heterocycles. The van der Waals surface area contributed by atoms with E-state index in [0.29, 0.717) is 31.3 Å². The van der Waals surface area contributed by atoms with Gasteiger partial charge >= 0.3 is 5.97 Å². The Morgan fingerprint density at radius 2 is 2.18 bits per heavy atom. The summed E-state index contributed by atoms with van der Waals surface area (Å²) in [5.74, 6) is -1.09. The van der Waals surface area contributed by atoms with E-state index in [2.05, 4.69) is 0 Å². The summed E-state index contributed by atoms with van der Waals surface area (Å²) < 4.78 is 5.21. The molecule has 0 amide bonds. The molecule has 2 heterocycles. The molecule has 3 N–H and O–H groups in total. The van der Waals surface area contributed by atoms with Crippen LogP contribution in [0.1, 0.15) is 15.2 Å². The van der Waals surface area contributed by atoms with Crippen molar-refractivity contribution in [3.05, 3.63) is 10.4 Å². The SMILES string of the molecule is N#Cc1c(N2CCOCC2)sc(C(=O)O)c1N. The van der Waals surface area contributed by atoms with Crippen molar-refractivity contribution in [2.24, 2.45) is 0 Å². The number of thiophene rings is 1. The second kappa shape index (κ2) is 4.61. The molecular weight excluding hydrogens is 242 g/mol. The van der Waals surface area contributed by atoms with Crippen LogP contribution in [0.5, 0.6) is 0 Å². The van der Waals surface area contributed by atoms with Crippen LogP contribution in [-0.4, -0.2) is 37.4 Å². The number of carboxylic acids is 1. The van der Waals surface area contributed by atoms with E-state index in [-0.39, 0.29) is 16.1 Å². The Hall–Kier alpha value is -1.78. The first-order valence-corrected chi connectivity index (χ1v) is 5.85. The third kappa shape index (κ3) is 2.05. The van der Waals surface area contributed by atoms with Gasteiger partial charge in [0.15, 0.2) is 0 Å². The molecule has 0 radical (unpaired) electrons. The fraction of sp³-hybridized carbons (Fsp3) is 0.400. The Morgan fingerprint density at radius 1 is 1.53 bits per heavy atom. The monoisotopic (exact) mass is 253 g/mol. The largest absolute Gasteiger partial charge is 0.477 e. The van der Waals surface area contributed by atoms with E-state index >= 15 is 0 Å². The number of nitrogen functional groups attached to an aromatic ring is 1. The van der Waals surface area contributed by atoms with Crippen molar-refractivity contribution in [2.75, 3.05) is 36.9 Å². The standard InChI is InChI=1S/C10H11N3O3S/c11-5-6-7(12)8(10(14)15)17-9(6)13-1-3-16-4-2-13/h1-4,12H2,(H,14,15). The fourth-order valence-electron chi connectivity index (χ4n) is 1.69. The summed E-state index contributed by atoms with van der Waals surface area (Å²) in [6.45, 7) is 2.44. The van der Waals surface area contributed by atoms with Crippen molar-refractivity contribution in [3.63, 3.8) is 0 Å². The summed E-state index contributed by atoms with van der Waals surface area (Å²) >= 11 is 1.05. The lowest BCUT2D eigenvalue weighted by molar-refractivity contribution is 0.0703. The minimum atomic E-state index is -1.09. The number of anilines is 2. The maximum atomic E-state index is 11.0. The topological polar surface area (TPSA) is 99.6 Å². The van der Waals surface area contributed by atoms with Gasteiger partial charge in [-0.25, -0.2) is 4.79 Å². The van der Waals surface area contributed by atoms with Crippen LogP contribution in [0.15, 0.2) is 0 Å². The van der Waals surface area contributed by atoms with Crippen LogP contribution in [0.3, 0.4) is 0 Å². The van der Waals surface area contributed by atoms with Crippen LogP contribution in [-0.2, 0) is 4.74 Å². The van der Waals surface area contributed by atoms with E-state index in [0.717, 1.165) is 11.3 Å². The highest BCUT2D eigenvalue weighted by atomic mass is 32.1. The second-order valence-electron chi connectivity index (χ2n) is 3.54. The fourth-order valence-corrected chi connectivity index (χ4v) is 2.75. The van der Waals surface area contributed by atoms with Gasteiger partial charge in [0.05, 0.1) is 18.9 Å². The minimum absolute atomic E-state index is 0.0306. The maximum absolute atomic E-state index is 11.0. The summed E-state index contributed by atoms with van der Waals surface area (Å²) in [5.41, 5.74) is 5.99. The van der Waals surface area contributed by atoms with Gasteiger partial charge in [-0.2, -0.15) is 5.26 Å². The summed E-state index contributed by atoms with van der Waals surface area (Å²) in [6, 6.07) is 1.98. The normalized spacial score (nSPS) is 15.6. The van der Waals surface area contributed by atoms with Crippen LogP contribution in [0.25, 0.3) is 0 Å². The lowest BCUT2D eigenvalue weighted by Gasteiger charge is -2.27. The Labute approximate surface area is 102 Å². The Bertz CT molecular complexity index is 486. The molecule has 1 fully saturated rings. The van der Waals surface area contributed by atoms with E-state index in [1.54, 1.807) is 0 Å². The Morgan fingerprint density at radius 3 is 2.71 bits per heavy atom. The number of hydrogen-bond donors (Lipinski definition) is 2. The molecule has 0 saturated carbocycles. The van der Waals surface area contributed by atoms with E-state index < -0.39 is 5.97 Å². The molecular formula is C10H11N3O3S. The number of rotatable bonds is 2. The number of hydrogen-bond acceptors (Lipinski definition) is 6.